The third kappa shape index (κ3) is 3.20. The molecule has 0 saturated heterocycles. The Morgan fingerprint density at radius 1 is 1.27 bits per heavy atom. The van der Waals surface area contributed by atoms with Crippen LogP contribution in [0, 0.1) is 0 Å². The summed E-state index contributed by atoms with van der Waals surface area (Å²) < 4.78 is 0. The molecule has 0 amide bonds. The van der Waals surface area contributed by atoms with E-state index in [0.29, 0.717) is 5.56 Å². The van der Waals surface area contributed by atoms with E-state index < -0.39 is 5.97 Å². The molecule has 1 rings (SSSR count). The Hall–Kier alpha value is -0.0903. The van der Waals surface area contributed by atoms with E-state index in [2.05, 4.69) is 4.89 Å². The maximum absolute atomic E-state index is 10.5. The van der Waals surface area contributed by atoms with Crippen molar-refractivity contribution >= 4 is 43.7 Å². The third-order valence-corrected chi connectivity index (χ3v) is 1.09. The minimum absolute atomic E-state index is 0. The first kappa shape index (κ1) is 10.9. The summed E-state index contributed by atoms with van der Waals surface area (Å²) in [6, 6.07) is 8.25. The summed E-state index contributed by atoms with van der Waals surface area (Å²) in [5, 5.41) is 7.94. The number of carbonyl (C=O) groups is 1. The second kappa shape index (κ2) is 5.55. The molecule has 3 nitrogen and oxygen atoms in total. The minimum atomic E-state index is -0.736. The Morgan fingerprint density at radius 3 is 2.27 bits per heavy atom. The van der Waals surface area contributed by atoms with Crippen LogP contribution in [-0.4, -0.2) is 49.0 Å². The van der Waals surface area contributed by atoms with Crippen molar-refractivity contribution in [2.75, 3.05) is 0 Å². The van der Waals surface area contributed by atoms with Gasteiger partial charge in [-0.15, -0.1) is 0 Å². The zero-order chi connectivity index (χ0) is 7.40. The monoisotopic (exact) mass is 180 g/mol. The van der Waals surface area contributed by atoms with Crippen LogP contribution in [0.3, 0.4) is 0 Å². The molecule has 0 heterocycles. The molecule has 0 atom stereocenters. The predicted octanol–water partition coefficient (Wildman–Crippen LogP) is 0.400. The summed E-state index contributed by atoms with van der Waals surface area (Å²) in [5.74, 6) is -0.736. The maximum atomic E-state index is 10.5. The van der Waals surface area contributed by atoms with Gasteiger partial charge in [0.05, 0.1) is 5.56 Å². The zero-order valence-corrected chi connectivity index (χ0v) is 5.15. The van der Waals surface area contributed by atoms with Gasteiger partial charge in [0, 0.05) is 0 Å². The van der Waals surface area contributed by atoms with Crippen LogP contribution in [0.2, 0.25) is 0 Å². The van der Waals surface area contributed by atoms with Crippen molar-refractivity contribution in [1.82, 2.24) is 0 Å². The summed E-state index contributed by atoms with van der Waals surface area (Å²) in [4.78, 5) is 14.0. The Kier molecular flexibility index (Phi) is 5.50. The molecule has 0 aliphatic carbocycles. The molecule has 4 heteroatoms. The molecule has 1 N–H and O–H groups in total. The molecule has 0 radical (unpaired) electrons. The number of rotatable bonds is 1. The summed E-state index contributed by atoms with van der Waals surface area (Å²) in [7, 11) is 0. The van der Waals surface area contributed by atoms with E-state index in [-0.39, 0.29) is 37.7 Å². The van der Waals surface area contributed by atoms with Gasteiger partial charge in [-0.2, -0.15) is 5.26 Å². The normalized spacial score (nSPS) is 8.09. The molecule has 0 aliphatic rings. The van der Waals surface area contributed by atoms with E-state index in [1.807, 2.05) is 0 Å². The van der Waals surface area contributed by atoms with Crippen molar-refractivity contribution in [1.29, 1.82) is 0 Å². The fraction of sp³-hybridized carbons (Fsp3) is 0. The summed E-state index contributed by atoms with van der Waals surface area (Å²) in [6.07, 6.45) is 0. The van der Waals surface area contributed by atoms with Crippen LogP contribution in [0.5, 0.6) is 0 Å². The van der Waals surface area contributed by atoms with Gasteiger partial charge in [-0.25, -0.2) is 4.79 Å². The Morgan fingerprint density at radius 2 is 1.82 bits per heavy atom. The Labute approximate surface area is 93.9 Å². The van der Waals surface area contributed by atoms with Gasteiger partial charge in [-0.3, -0.25) is 4.89 Å². The van der Waals surface area contributed by atoms with Gasteiger partial charge in [0.25, 0.3) is 0 Å². The van der Waals surface area contributed by atoms with Crippen molar-refractivity contribution in [3.05, 3.63) is 35.9 Å². The van der Waals surface area contributed by atoms with Gasteiger partial charge in [0.2, 0.25) is 0 Å². The van der Waals surface area contributed by atoms with E-state index in [1.165, 1.54) is 0 Å². The molecule has 0 fully saturated rings. The first-order valence-corrected chi connectivity index (χ1v) is 2.75. The molecule has 0 spiro atoms. The second-order valence-electron chi connectivity index (χ2n) is 1.74. The fourth-order valence-corrected chi connectivity index (χ4v) is 0.627. The predicted molar refractivity (Wildman–Crippen MR) is 43.0 cm³/mol. The van der Waals surface area contributed by atoms with Gasteiger partial charge in [0.15, 0.2) is 0 Å². The number of carbonyl (C=O) groups excluding carboxylic acids is 1. The van der Waals surface area contributed by atoms with Gasteiger partial charge < -0.3 is 0 Å². The van der Waals surface area contributed by atoms with Crippen LogP contribution < -0.4 is 0 Å². The van der Waals surface area contributed by atoms with Gasteiger partial charge >= 0.3 is 43.7 Å². The molecule has 0 unspecified atom stereocenters. The van der Waals surface area contributed by atoms with Gasteiger partial charge in [-0.05, 0) is 12.1 Å². The topological polar surface area (TPSA) is 46.5 Å². The molecule has 11 heavy (non-hydrogen) atoms. The number of benzene rings is 1. The Balaban J connectivity index is 0.000001000. The molecule has 0 bridgehead atoms. The average molecular weight is 180 g/mol. The third-order valence-electron chi connectivity index (χ3n) is 1.09. The fourth-order valence-electron chi connectivity index (χ4n) is 0.627. The van der Waals surface area contributed by atoms with E-state index in [1.54, 1.807) is 30.3 Å². The standard InChI is InChI=1S/C7H6O3.Ca.2H/c8-7(10-9)6-4-2-1-3-5-6;;;/h1-5,9H;;;. The quantitative estimate of drug-likeness (QED) is 0.386. The number of hydrogen-bond donors (Lipinski definition) is 1. The summed E-state index contributed by atoms with van der Waals surface area (Å²) >= 11 is 0. The summed E-state index contributed by atoms with van der Waals surface area (Å²) in [5.41, 5.74) is 0.338. The first-order chi connectivity index (χ1) is 4.84. The van der Waals surface area contributed by atoms with E-state index in [9.17, 15) is 4.79 Å². The number of hydrogen-bond acceptors (Lipinski definition) is 3. The molecule has 0 aliphatic heterocycles. The molecular formula is C7H8CaO3. The molecular weight excluding hydrogens is 172 g/mol. The van der Waals surface area contributed by atoms with E-state index in [4.69, 9.17) is 5.26 Å². The summed E-state index contributed by atoms with van der Waals surface area (Å²) in [6.45, 7) is 0. The van der Waals surface area contributed by atoms with Crippen LogP contribution in [0.4, 0.5) is 0 Å². The van der Waals surface area contributed by atoms with Gasteiger partial charge in [0.1, 0.15) is 0 Å². The van der Waals surface area contributed by atoms with Crippen LogP contribution in [0.1, 0.15) is 10.4 Å². The molecule has 1 aromatic carbocycles. The van der Waals surface area contributed by atoms with Crippen LogP contribution in [0.25, 0.3) is 0 Å². The Bertz CT molecular complexity index is 222. The van der Waals surface area contributed by atoms with Crippen molar-refractivity contribution in [2.45, 2.75) is 0 Å². The molecule has 0 aromatic heterocycles. The van der Waals surface area contributed by atoms with E-state index in [0.717, 1.165) is 0 Å². The van der Waals surface area contributed by atoms with Gasteiger partial charge in [-0.1, -0.05) is 18.2 Å². The average Bonchev–Trinajstić information content (AvgIpc) is 2.05. The zero-order valence-electron chi connectivity index (χ0n) is 5.15. The molecule has 0 saturated carbocycles. The van der Waals surface area contributed by atoms with Crippen molar-refractivity contribution in [3.8, 4) is 0 Å². The van der Waals surface area contributed by atoms with Crippen molar-refractivity contribution < 1.29 is 14.9 Å². The molecule has 56 valence electrons. The second-order valence-corrected chi connectivity index (χ2v) is 1.74. The first-order valence-electron chi connectivity index (χ1n) is 2.75. The van der Waals surface area contributed by atoms with Crippen molar-refractivity contribution in [3.63, 3.8) is 0 Å². The van der Waals surface area contributed by atoms with Crippen LogP contribution in [0.15, 0.2) is 30.3 Å². The van der Waals surface area contributed by atoms with E-state index >= 15 is 0 Å². The molecule has 1 aromatic rings. The van der Waals surface area contributed by atoms with Crippen LogP contribution >= 0.6 is 0 Å². The van der Waals surface area contributed by atoms with Crippen LogP contribution in [-0.2, 0) is 4.89 Å². The SMILES string of the molecule is O=C(OO)c1ccccc1.[CaH2]. The van der Waals surface area contributed by atoms with Crippen molar-refractivity contribution in [2.24, 2.45) is 0 Å².